The Morgan fingerprint density at radius 2 is 1.46 bits per heavy atom. The maximum Gasteiger partial charge on any atom is 0.255 e. The van der Waals surface area contributed by atoms with Crippen LogP contribution >= 0.6 is 0 Å². The Labute approximate surface area is 143 Å². The molecule has 3 N–H and O–H groups in total. The van der Waals surface area contributed by atoms with E-state index in [0.717, 1.165) is 11.3 Å². The van der Waals surface area contributed by atoms with Gasteiger partial charge >= 0.3 is 0 Å². The molecule has 2 aromatic rings. The van der Waals surface area contributed by atoms with Gasteiger partial charge in [-0.3, -0.25) is 9.59 Å². The number of carbonyl (C=O) groups is 2. The van der Waals surface area contributed by atoms with Gasteiger partial charge in [0.1, 0.15) is 0 Å². The molecule has 0 saturated carbocycles. The summed E-state index contributed by atoms with van der Waals surface area (Å²) in [5, 5.41) is 2.97. The fraction of sp³-hybridized carbons (Fsp3) is 0.300. The predicted octanol–water partition coefficient (Wildman–Crippen LogP) is 4.28. The van der Waals surface area contributed by atoms with Gasteiger partial charge in [0.25, 0.3) is 5.91 Å². The maximum absolute atomic E-state index is 12.5. The number of amides is 2. The highest BCUT2D eigenvalue weighted by Gasteiger charge is 2.13. The molecule has 126 valence electrons. The highest BCUT2D eigenvalue weighted by atomic mass is 16.2. The zero-order valence-corrected chi connectivity index (χ0v) is 14.6. The SMILES string of the molecule is CC(C)c1ccc(NC(=O)c2ccc(C(N)=O)cc2)c(C(C)C)c1. The van der Waals surface area contributed by atoms with Gasteiger partial charge in [0, 0.05) is 16.8 Å². The van der Waals surface area contributed by atoms with Gasteiger partial charge in [-0.05, 0) is 53.3 Å². The second-order valence-corrected chi connectivity index (χ2v) is 6.55. The molecular weight excluding hydrogens is 300 g/mol. The maximum atomic E-state index is 12.5. The van der Waals surface area contributed by atoms with Gasteiger partial charge in [0.2, 0.25) is 5.91 Å². The molecular formula is C20H24N2O2. The number of carbonyl (C=O) groups excluding carboxylic acids is 2. The molecule has 0 saturated heterocycles. The summed E-state index contributed by atoms with van der Waals surface area (Å²) in [6.07, 6.45) is 0. The lowest BCUT2D eigenvalue weighted by molar-refractivity contribution is 0.0995. The fourth-order valence-electron chi connectivity index (χ4n) is 2.51. The minimum Gasteiger partial charge on any atom is -0.366 e. The van der Waals surface area contributed by atoms with Crippen molar-refractivity contribution in [3.63, 3.8) is 0 Å². The quantitative estimate of drug-likeness (QED) is 0.861. The van der Waals surface area contributed by atoms with Crippen molar-refractivity contribution in [2.45, 2.75) is 39.5 Å². The van der Waals surface area contributed by atoms with Gasteiger partial charge in [-0.25, -0.2) is 0 Å². The van der Waals surface area contributed by atoms with Gasteiger partial charge in [-0.2, -0.15) is 0 Å². The molecule has 0 radical (unpaired) electrons. The first-order valence-corrected chi connectivity index (χ1v) is 8.14. The highest BCUT2D eigenvalue weighted by molar-refractivity contribution is 6.05. The van der Waals surface area contributed by atoms with E-state index in [9.17, 15) is 9.59 Å². The average molecular weight is 324 g/mol. The molecule has 0 spiro atoms. The van der Waals surface area contributed by atoms with Crippen LogP contribution in [0.5, 0.6) is 0 Å². The first-order valence-electron chi connectivity index (χ1n) is 8.14. The number of primary amides is 1. The molecule has 0 unspecified atom stereocenters. The van der Waals surface area contributed by atoms with Crippen LogP contribution in [0.2, 0.25) is 0 Å². The van der Waals surface area contributed by atoms with E-state index in [1.165, 1.54) is 5.56 Å². The van der Waals surface area contributed by atoms with Crippen molar-refractivity contribution in [2.75, 3.05) is 5.32 Å². The highest BCUT2D eigenvalue weighted by Crippen LogP contribution is 2.28. The Morgan fingerprint density at radius 1 is 0.875 bits per heavy atom. The molecule has 0 aliphatic rings. The van der Waals surface area contributed by atoms with Crippen LogP contribution in [-0.2, 0) is 0 Å². The molecule has 0 bridgehead atoms. The van der Waals surface area contributed by atoms with Gasteiger partial charge in [-0.1, -0.05) is 39.8 Å². The number of rotatable bonds is 5. The van der Waals surface area contributed by atoms with E-state index in [-0.39, 0.29) is 5.91 Å². The molecule has 0 fully saturated rings. The Bertz CT molecular complexity index is 747. The number of nitrogens with one attached hydrogen (secondary N) is 1. The van der Waals surface area contributed by atoms with Crippen molar-refractivity contribution in [3.8, 4) is 0 Å². The Hall–Kier alpha value is -2.62. The summed E-state index contributed by atoms with van der Waals surface area (Å²) in [7, 11) is 0. The molecule has 0 aromatic heterocycles. The summed E-state index contributed by atoms with van der Waals surface area (Å²) < 4.78 is 0. The summed E-state index contributed by atoms with van der Waals surface area (Å²) >= 11 is 0. The van der Waals surface area contributed by atoms with E-state index in [1.807, 2.05) is 12.1 Å². The van der Waals surface area contributed by atoms with Crippen LogP contribution in [0.3, 0.4) is 0 Å². The molecule has 2 rings (SSSR count). The topological polar surface area (TPSA) is 72.2 Å². The van der Waals surface area contributed by atoms with Crippen LogP contribution in [-0.4, -0.2) is 11.8 Å². The normalized spacial score (nSPS) is 10.9. The zero-order chi connectivity index (χ0) is 17.9. The van der Waals surface area contributed by atoms with Crippen LogP contribution < -0.4 is 11.1 Å². The summed E-state index contributed by atoms with van der Waals surface area (Å²) in [6.45, 7) is 8.52. The number of hydrogen-bond donors (Lipinski definition) is 2. The lowest BCUT2D eigenvalue weighted by Gasteiger charge is -2.17. The second kappa shape index (κ2) is 7.30. The first kappa shape index (κ1) is 17.7. The van der Waals surface area contributed by atoms with Crippen LogP contribution in [0, 0.1) is 0 Å². The Kier molecular flexibility index (Phi) is 5.39. The van der Waals surface area contributed by atoms with E-state index >= 15 is 0 Å². The first-order chi connectivity index (χ1) is 11.3. The average Bonchev–Trinajstić information content (AvgIpc) is 2.54. The molecule has 0 heterocycles. The van der Waals surface area contributed by atoms with E-state index in [4.69, 9.17) is 5.73 Å². The van der Waals surface area contributed by atoms with E-state index in [0.29, 0.717) is 23.0 Å². The monoisotopic (exact) mass is 324 g/mol. The lowest BCUT2D eigenvalue weighted by Crippen LogP contribution is -2.15. The minimum atomic E-state index is -0.506. The number of benzene rings is 2. The second-order valence-electron chi connectivity index (χ2n) is 6.55. The van der Waals surface area contributed by atoms with E-state index in [1.54, 1.807) is 24.3 Å². The number of nitrogens with two attached hydrogens (primary N) is 1. The third-order valence-corrected chi connectivity index (χ3v) is 4.04. The van der Waals surface area contributed by atoms with Gasteiger partial charge < -0.3 is 11.1 Å². The van der Waals surface area contributed by atoms with Gasteiger partial charge in [-0.15, -0.1) is 0 Å². The summed E-state index contributed by atoms with van der Waals surface area (Å²) in [5.41, 5.74) is 9.27. The third-order valence-electron chi connectivity index (χ3n) is 4.04. The Balaban J connectivity index is 2.26. The Morgan fingerprint density at radius 3 is 1.96 bits per heavy atom. The van der Waals surface area contributed by atoms with E-state index < -0.39 is 5.91 Å². The van der Waals surface area contributed by atoms with Crippen molar-refractivity contribution in [1.29, 1.82) is 0 Å². The zero-order valence-electron chi connectivity index (χ0n) is 14.6. The molecule has 2 amide bonds. The lowest BCUT2D eigenvalue weighted by atomic mass is 9.94. The largest absolute Gasteiger partial charge is 0.366 e. The summed E-state index contributed by atoms with van der Waals surface area (Å²) in [4.78, 5) is 23.6. The summed E-state index contributed by atoms with van der Waals surface area (Å²) in [6, 6.07) is 12.5. The number of hydrogen-bond acceptors (Lipinski definition) is 2. The molecule has 24 heavy (non-hydrogen) atoms. The number of anilines is 1. The molecule has 4 heteroatoms. The van der Waals surface area contributed by atoms with Crippen molar-refractivity contribution in [2.24, 2.45) is 5.73 Å². The van der Waals surface area contributed by atoms with Crippen LogP contribution in [0.1, 0.15) is 71.4 Å². The summed E-state index contributed by atoms with van der Waals surface area (Å²) in [5.74, 6) is 0.0309. The molecule has 0 aliphatic carbocycles. The van der Waals surface area contributed by atoms with Crippen LogP contribution in [0.25, 0.3) is 0 Å². The molecule has 0 atom stereocenters. The standard InChI is InChI=1S/C20H24N2O2/c1-12(2)16-9-10-18(17(11-16)13(3)4)22-20(24)15-7-5-14(6-8-15)19(21)23/h5-13H,1-4H3,(H2,21,23)(H,22,24). The molecule has 0 aliphatic heterocycles. The minimum absolute atomic E-state index is 0.204. The van der Waals surface area contributed by atoms with Gasteiger partial charge in [0.15, 0.2) is 0 Å². The van der Waals surface area contributed by atoms with Crippen molar-refractivity contribution < 1.29 is 9.59 Å². The van der Waals surface area contributed by atoms with Crippen molar-refractivity contribution in [3.05, 3.63) is 64.7 Å². The predicted molar refractivity (Wildman–Crippen MR) is 97.5 cm³/mol. The van der Waals surface area contributed by atoms with E-state index in [2.05, 4.69) is 39.1 Å². The third kappa shape index (κ3) is 4.02. The molecule has 2 aromatic carbocycles. The van der Waals surface area contributed by atoms with Crippen LogP contribution in [0.15, 0.2) is 42.5 Å². The fourth-order valence-corrected chi connectivity index (χ4v) is 2.51. The smallest absolute Gasteiger partial charge is 0.255 e. The van der Waals surface area contributed by atoms with Crippen LogP contribution in [0.4, 0.5) is 5.69 Å². The molecule has 4 nitrogen and oxygen atoms in total. The van der Waals surface area contributed by atoms with Crippen molar-refractivity contribution in [1.82, 2.24) is 0 Å². The van der Waals surface area contributed by atoms with Crippen molar-refractivity contribution >= 4 is 17.5 Å². The van der Waals surface area contributed by atoms with Gasteiger partial charge in [0.05, 0.1) is 0 Å².